The van der Waals surface area contributed by atoms with Crippen molar-refractivity contribution in [2.24, 2.45) is 0 Å². The van der Waals surface area contributed by atoms with Crippen LogP contribution in [0.1, 0.15) is 27.6 Å². The fourth-order valence-electron chi connectivity index (χ4n) is 3.91. The molecular weight excluding hydrogens is 640 g/mol. The average Bonchev–Trinajstić information content (AvgIpc) is 3.55. The third kappa shape index (κ3) is 7.75. The van der Waals surface area contributed by atoms with E-state index < -0.39 is 50.2 Å². The lowest BCUT2D eigenvalue weighted by atomic mass is 10.1. The van der Waals surface area contributed by atoms with Gasteiger partial charge in [-0.05, 0) is 47.5 Å². The van der Waals surface area contributed by atoms with Gasteiger partial charge in [0.25, 0.3) is 0 Å². The first kappa shape index (κ1) is 30.6. The van der Waals surface area contributed by atoms with Gasteiger partial charge in [0.05, 0.1) is 22.5 Å². The first-order valence-electron chi connectivity index (χ1n) is 11.8. The minimum absolute atomic E-state index is 0.0587. The van der Waals surface area contributed by atoms with Crippen LogP contribution < -0.4 is 15.0 Å². The van der Waals surface area contributed by atoms with Crippen LogP contribution in [0.15, 0.2) is 65.2 Å². The SMILES string of the molecule is O=S([O-])NNCc1nnc(C(c2nc3ccc(-c4ccc(F)nc4)cc3s2)S(=O)(=O)Cc2ccc(OC(F)(F)F)cc2)o1. The van der Waals surface area contributed by atoms with Gasteiger partial charge in [-0.1, -0.05) is 18.2 Å². The van der Waals surface area contributed by atoms with Crippen LogP contribution in [-0.4, -0.2) is 43.7 Å². The zero-order valence-electron chi connectivity index (χ0n) is 21.2. The molecule has 0 amide bonds. The molecule has 43 heavy (non-hydrogen) atoms. The van der Waals surface area contributed by atoms with E-state index in [1.807, 2.05) is 4.83 Å². The second-order valence-electron chi connectivity index (χ2n) is 8.71. The molecule has 0 bridgehead atoms. The van der Waals surface area contributed by atoms with Crippen molar-refractivity contribution in [1.82, 2.24) is 30.4 Å². The number of pyridine rings is 1. The number of hydrogen-bond acceptors (Lipinski definition) is 12. The topological polar surface area (TPSA) is 172 Å². The number of nitrogens with one attached hydrogen (secondary N) is 2. The van der Waals surface area contributed by atoms with E-state index in [4.69, 9.17) is 4.42 Å². The fraction of sp³-hybridized carbons (Fsp3) is 0.167. The Morgan fingerprint density at radius 3 is 2.49 bits per heavy atom. The maximum atomic E-state index is 13.8. The number of sulfone groups is 1. The summed E-state index contributed by atoms with van der Waals surface area (Å²) in [5, 5.41) is 6.10. The molecule has 0 aliphatic heterocycles. The number of alkyl halides is 3. The van der Waals surface area contributed by atoms with E-state index in [0.717, 1.165) is 23.5 Å². The van der Waals surface area contributed by atoms with E-state index in [0.29, 0.717) is 21.3 Å². The largest absolute Gasteiger partial charge is 0.759 e. The number of ether oxygens (including phenoxy) is 1. The molecule has 19 heteroatoms. The van der Waals surface area contributed by atoms with Gasteiger partial charge in [-0.15, -0.1) is 34.7 Å². The Morgan fingerprint density at radius 1 is 1.07 bits per heavy atom. The predicted octanol–water partition coefficient (Wildman–Crippen LogP) is 3.87. The monoisotopic (exact) mass is 657 g/mol. The van der Waals surface area contributed by atoms with E-state index in [1.165, 1.54) is 30.5 Å². The molecule has 3 aromatic heterocycles. The van der Waals surface area contributed by atoms with Crippen LogP contribution in [0.2, 0.25) is 0 Å². The van der Waals surface area contributed by atoms with Crippen molar-refractivity contribution in [3.63, 3.8) is 0 Å². The van der Waals surface area contributed by atoms with E-state index in [9.17, 15) is 34.7 Å². The summed E-state index contributed by atoms with van der Waals surface area (Å²) in [4.78, 5) is 10.0. The van der Waals surface area contributed by atoms with Gasteiger partial charge in [0.1, 0.15) is 10.8 Å². The van der Waals surface area contributed by atoms with Crippen molar-refractivity contribution < 1.29 is 43.9 Å². The van der Waals surface area contributed by atoms with Crippen LogP contribution in [0.4, 0.5) is 17.6 Å². The van der Waals surface area contributed by atoms with Crippen LogP contribution in [-0.2, 0) is 33.4 Å². The third-order valence-electron chi connectivity index (χ3n) is 5.68. The minimum atomic E-state index is -4.92. The zero-order chi connectivity index (χ0) is 30.8. The van der Waals surface area contributed by atoms with Crippen molar-refractivity contribution in [2.45, 2.75) is 23.9 Å². The van der Waals surface area contributed by atoms with E-state index >= 15 is 0 Å². The molecule has 12 nitrogen and oxygen atoms in total. The number of benzene rings is 2. The predicted molar refractivity (Wildman–Crippen MR) is 144 cm³/mol. The van der Waals surface area contributed by atoms with Crippen LogP contribution in [0.5, 0.6) is 5.75 Å². The van der Waals surface area contributed by atoms with E-state index in [-0.39, 0.29) is 28.9 Å². The standard InChI is InChI=1S/C24H18F4N6O6S3/c25-19-8-4-15(10-29-19)14-3-7-17-18(9-14)41-23(31-17)21(22-33-32-20(39-22)11-30-34-42(35)36)43(37,38)12-13-1-5-16(6-2-13)40-24(26,27)28/h1-10,21,30,34H,11-12H2,(H,35,36)/p-1. The first-order valence-corrected chi connectivity index (χ1v) is 15.5. The minimum Gasteiger partial charge on any atom is -0.759 e. The molecule has 2 atom stereocenters. The molecule has 3 heterocycles. The normalized spacial score (nSPS) is 13.7. The number of rotatable bonds is 11. The summed E-state index contributed by atoms with van der Waals surface area (Å²) >= 11 is -1.62. The fourth-order valence-corrected chi connectivity index (χ4v) is 7.25. The van der Waals surface area contributed by atoms with Gasteiger partial charge in [0, 0.05) is 23.0 Å². The summed E-state index contributed by atoms with van der Waals surface area (Å²) < 4.78 is 110. The van der Waals surface area contributed by atoms with Crippen molar-refractivity contribution in [2.75, 3.05) is 0 Å². The molecule has 0 aliphatic carbocycles. The van der Waals surface area contributed by atoms with Gasteiger partial charge in [-0.3, -0.25) is 4.21 Å². The van der Waals surface area contributed by atoms with Gasteiger partial charge in [-0.2, -0.15) is 9.22 Å². The molecule has 0 saturated carbocycles. The highest BCUT2D eigenvalue weighted by Crippen LogP contribution is 2.38. The van der Waals surface area contributed by atoms with Crippen LogP contribution in [0.3, 0.4) is 0 Å². The van der Waals surface area contributed by atoms with Crippen LogP contribution >= 0.6 is 11.3 Å². The Morgan fingerprint density at radius 2 is 1.81 bits per heavy atom. The van der Waals surface area contributed by atoms with Crippen molar-refractivity contribution >= 4 is 42.7 Å². The number of halogens is 4. The highest BCUT2D eigenvalue weighted by Gasteiger charge is 2.37. The average molecular weight is 658 g/mol. The summed E-state index contributed by atoms with van der Waals surface area (Å²) in [7, 11) is -4.26. The summed E-state index contributed by atoms with van der Waals surface area (Å²) in [5.74, 6) is -2.32. The number of thiazole rings is 1. The van der Waals surface area contributed by atoms with E-state index in [1.54, 1.807) is 18.2 Å². The summed E-state index contributed by atoms with van der Waals surface area (Å²) in [6, 6.07) is 12.1. The Balaban J connectivity index is 1.49. The molecule has 2 unspecified atom stereocenters. The third-order valence-corrected chi connectivity index (χ3v) is 9.10. The van der Waals surface area contributed by atoms with Gasteiger partial charge >= 0.3 is 6.36 Å². The lowest BCUT2D eigenvalue weighted by Crippen LogP contribution is -2.32. The Kier molecular flexibility index (Phi) is 8.81. The molecule has 0 spiro atoms. The molecular formula is C24H17F4N6O6S3-. The van der Waals surface area contributed by atoms with E-state index in [2.05, 4.69) is 30.3 Å². The Labute approximate surface area is 246 Å². The molecule has 0 radical (unpaired) electrons. The van der Waals surface area contributed by atoms with Crippen molar-refractivity contribution in [3.8, 4) is 16.9 Å². The van der Waals surface area contributed by atoms with Gasteiger partial charge < -0.3 is 13.7 Å². The number of hydrogen-bond donors (Lipinski definition) is 2. The Bertz CT molecular complexity index is 1870. The van der Waals surface area contributed by atoms with Crippen LogP contribution in [0.25, 0.3) is 21.3 Å². The lowest BCUT2D eigenvalue weighted by molar-refractivity contribution is -0.274. The van der Waals surface area contributed by atoms with Crippen molar-refractivity contribution in [3.05, 3.63) is 89.1 Å². The Hall–Kier alpha value is -3.88. The molecule has 0 saturated heterocycles. The number of aromatic nitrogens is 4. The van der Waals surface area contributed by atoms with Gasteiger partial charge in [0.2, 0.25) is 17.7 Å². The molecule has 2 aromatic carbocycles. The second kappa shape index (κ2) is 12.4. The molecule has 2 N–H and O–H groups in total. The van der Waals surface area contributed by atoms with Crippen molar-refractivity contribution in [1.29, 1.82) is 0 Å². The summed E-state index contributed by atoms with van der Waals surface area (Å²) in [5.41, 5.74) is 4.17. The molecule has 5 rings (SSSR count). The van der Waals surface area contributed by atoms with Crippen LogP contribution in [0, 0.1) is 5.95 Å². The molecule has 0 fully saturated rings. The summed E-state index contributed by atoms with van der Waals surface area (Å²) in [6.07, 6.45) is -3.57. The maximum Gasteiger partial charge on any atom is 0.573 e. The number of fused-ring (bicyclic) bond motifs is 1. The number of hydrazine groups is 1. The molecule has 0 aliphatic rings. The van der Waals surface area contributed by atoms with Gasteiger partial charge in [0.15, 0.2) is 15.1 Å². The quantitative estimate of drug-likeness (QED) is 0.0914. The highest BCUT2D eigenvalue weighted by molar-refractivity contribution is 7.91. The summed E-state index contributed by atoms with van der Waals surface area (Å²) in [6.45, 7) is -0.274. The first-order chi connectivity index (χ1) is 20.4. The maximum absolute atomic E-state index is 13.8. The number of nitrogens with zero attached hydrogens (tertiary/aromatic N) is 4. The highest BCUT2D eigenvalue weighted by atomic mass is 32.2. The van der Waals surface area contributed by atoms with Gasteiger partial charge in [-0.25, -0.2) is 23.8 Å². The zero-order valence-corrected chi connectivity index (χ0v) is 23.7. The smallest absolute Gasteiger partial charge is 0.573 e. The lowest BCUT2D eigenvalue weighted by Gasteiger charge is -2.13. The molecule has 226 valence electrons. The molecule has 5 aromatic rings. The second-order valence-corrected chi connectivity index (χ2v) is 12.5.